The van der Waals surface area contributed by atoms with Gasteiger partial charge in [0.15, 0.2) is 0 Å². The van der Waals surface area contributed by atoms with E-state index in [1.807, 2.05) is 13.8 Å². The van der Waals surface area contributed by atoms with Gasteiger partial charge in [0.25, 0.3) is 10.2 Å². The number of carboxylic acid groups (broad SMARTS) is 1. The molecule has 0 saturated carbocycles. The monoisotopic (exact) mass is 282 g/mol. The fourth-order valence-electron chi connectivity index (χ4n) is 1.62. The molecule has 2 atom stereocenters. The highest BCUT2D eigenvalue weighted by Crippen LogP contribution is 2.22. The highest BCUT2D eigenvalue weighted by atomic mass is 32.2. The fourth-order valence-corrected chi connectivity index (χ4v) is 2.90. The number of carbonyl (C=O) groups is 1. The van der Waals surface area contributed by atoms with Gasteiger partial charge < -0.3 is 5.11 Å². The molecule has 1 rings (SSSR count). The van der Waals surface area contributed by atoms with Gasteiger partial charge in [0, 0.05) is 26.7 Å². The summed E-state index contributed by atoms with van der Waals surface area (Å²) in [5, 5.41) is 8.95. The van der Waals surface area contributed by atoms with Crippen molar-refractivity contribution in [1.82, 2.24) is 14.0 Å². The SMILES string of the molecule is CC.CN(C)S(=O)(=O)N1CC(NN)CC1C(=O)O. The molecule has 8 nitrogen and oxygen atoms in total. The summed E-state index contributed by atoms with van der Waals surface area (Å²) in [7, 11) is -1.01. The highest BCUT2D eigenvalue weighted by molar-refractivity contribution is 7.86. The zero-order valence-electron chi connectivity index (χ0n) is 11.1. The molecule has 0 amide bonds. The topological polar surface area (TPSA) is 116 Å². The van der Waals surface area contributed by atoms with Crippen LogP contribution in [0, 0.1) is 0 Å². The standard InChI is InChI=1S/C7H16N4O4S.C2H6/c1-10(2)16(14,15)11-4-5(9-8)3-6(11)7(12)13;1-2/h5-6,9H,3-4,8H2,1-2H3,(H,12,13);1-2H3. The Morgan fingerprint density at radius 1 is 1.44 bits per heavy atom. The molecule has 108 valence electrons. The van der Waals surface area contributed by atoms with Crippen LogP contribution in [0.4, 0.5) is 0 Å². The zero-order chi connectivity index (χ0) is 14.5. The third kappa shape index (κ3) is 3.62. The minimum absolute atomic E-state index is 0.0635. The smallest absolute Gasteiger partial charge is 0.322 e. The number of nitrogens with one attached hydrogen (secondary N) is 1. The molecule has 0 aromatic heterocycles. The maximum atomic E-state index is 11.8. The molecule has 0 aromatic rings. The molecule has 2 unspecified atom stereocenters. The van der Waals surface area contributed by atoms with Crippen molar-refractivity contribution in [3.05, 3.63) is 0 Å². The van der Waals surface area contributed by atoms with Crippen LogP contribution >= 0.6 is 0 Å². The van der Waals surface area contributed by atoms with E-state index < -0.39 is 22.2 Å². The summed E-state index contributed by atoms with van der Waals surface area (Å²) in [5.74, 6) is 4.04. The predicted molar refractivity (Wildman–Crippen MR) is 67.8 cm³/mol. The third-order valence-corrected chi connectivity index (χ3v) is 4.45. The summed E-state index contributed by atoms with van der Waals surface area (Å²) in [4.78, 5) is 10.9. The van der Waals surface area contributed by atoms with Gasteiger partial charge in [0.05, 0.1) is 0 Å². The molecule has 18 heavy (non-hydrogen) atoms. The third-order valence-electron chi connectivity index (χ3n) is 2.53. The number of nitrogens with two attached hydrogens (primary N) is 1. The molecule has 1 heterocycles. The number of rotatable bonds is 4. The maximum Gasteiger partial charge on any atom is 0.322 e. The summed E-state index contributed by atoms with van der Waals surface area (Å²) >= 11 is 0. The van der Waals surface area contributed by atoms with E-state index in [0.29, 0.717) is 0 Å². The molecule has 4 N–H and O–H groups in total. The van der Waals surface area contributed by atoms with Crippen molar-refractivity contribution in [3.63, 3.8) is 0 Å². The first kappa shape index (κ1) is 17.3. The summed E-state index contributed by atoms with van der Waals surface area (Å²) < 4.78 is 25.6. The lowest BCUT2D eigenvalue weighted by Crippen LogP contribution is -2.46. The number of hydrogen-bond donors (Lipinski definition) is 3. The molecular formula is C9H22N4O4S. The summed E-state index contributed by atoms with van der Waals surface area (Å²) in [6.45, 7) is 4.06. The summed E-state index contributed by atoms with van der Waals surface area (Å²) in [5.41, 5.74) is 2.40. The average Bonchev–Trinajstić information content (AvgIpc) is 2.76. The minimum Gasteiger partial charge on any atom is -0.480 e. The Morgan fingerprint density at radius 2 is 1.94 bits per heavy atom. The van der Waals surface area contributed by atoms with Crippen LogP contribution in [0.2, 0.25) is 0 Å². The van der Waals surface area contributed by atoms with Crippen LogP contribution in [0.15, 0.2) is 0 Å². The Kier molecular flexibility index (Phi) is 6.71. The second-order valence-corrected chi connectivity index (χ2v) is 5.91. The lowest BCUT2D eigenvalue weighted by molar-refractivity contribution is -0.140. The molecule has 0 radical (unpaired) electrons. The van der Waals surface area contributed by atoms with Crippen LogP contribution in [0.1, 0.15) is 20.3 Å². The van der Waals surface area contributed by atoms with Gasteiger partial charge in [-0.05, 0) is 6.42 Å². The molecule has 0 aliphatic carbocycles. The first-order valence-electron chi connectivity index (χ1n) is 5.69. The number of aliphatic carboxylic acids is 1. The van der Waals surface area contributed by atoms with E-state index in [0.717, 1.165) is 8.61 Å². The van der Waals surface area contributed by atoms with Crippen LogP contribution in [-0.2, 0) is 15.0 Å². The van der Waals surface area contributed by atoms with E-state index in [2.05, 4.69) is 5.43 Å². The Hall–Kier alpha value is -0.740. The molecule has 0 aromatic carbocycles. The first-order chi connectivity index (χ1) is 8.30. The van der Waals surface area contributed by atoms with Crippen LogP contribution in [0.25, 0.3) is 0 Å². The van der Waals surface area contributed by atoms with Crippen molar-refractivity contribution < 1.29 is 18.3 Å². The van der Waals surface area contributed by atoms with E-state index in [-0.39, 0.29) is 19.0 Å². The van der Waals surface area contributed by atoms with E-state index in [9.17, 15) is 13.2 Å². The van der Waals surface area contributed by atoms with Gasteiger partial charge >= 0.3 is 5.97 Å². The number of hydrogen-bond acceptors (Lipinski definition) is 5. The van der Waals surface area contributed by atoms with Crippen LogP contribution < -0.4 is 11.3 Å². The Bertz CT molecular complexity index is 371. The molecule has 1 fully saturated rings. The molecular weight excluding hydrogens is 260 g/mol. The van der Waals surface area contributed by atoms with Gasteiger partial charge in [-0.15, -0.1) is 0 Å². The lowest BCUT2D eigenvalue weighted by atomic mass is 10.2. The fraction of sp³-hybridized carbons (Fsp3) is 0.889. The van der Waals surface area contributed by atoms with Gasteiger partial charge in [-0.25, -0.2) is 0 Å². The van der Waals surface area contributed by atoms with E-state index >= 15 is 0 Å². The molecule has 1 saturated heterocycles. The van der Waals surface area contributed by atoms with Crippen LogP contribution in [0.3, 0.4) is 0 Å². The van der Waals surface area contributed by atoms with E-state index in [4.69, 9.17) is 10.9 Å². The Labute approximate surface area is 108 Å². The van der Waals surface area contributed by atoms with Crippen LogP contribution in [0.5, 0.6) is 0 Å². The Balaban J connectivity index is 0.00000137. The number of carboxylic acids is 1. The molecule has 0 spiro atoms. The lowest BCUT2D eigenvalue weighted by Gasteiger charge is -2.24. The van der Waals surface area contributed by atoms with Gasteiger partial charge in [-0.1, -0.05) is 13.8 Å². The summed E-state index contributed by atoms with van der Waals surface area (Å²) in [6, 6.07) is -1.40. The predicted octanol–water partition coefficient (Wildman–Crippen LogP) is -1.19. The van der Waals surface area contributed by atoms with Gasteiger partial charge in [-0.2, -0.15) is 17.0 Å². The first-order valence-corrected chi connectivity index (χ1v) is 7.08. The van der Waals surface area contributed by atoms with Gasteiger partial charge in [0.1, 0.15) is 6.04 Å². The minimum atomic E-state index is -3.72. The van der Waals surface area contributed by atoms with Crippen molar-refractivity contribution >= 4 is 16.2 Å². The van der Waals surface area contributed by atoms with Gasteiger partial charge in [-0.3, -0.25) is 16.1 Å². The quantitative estimate of drug-likeness (QED) is 0.441. The van der Waals surface area contributed by atoms with Crippen LogP contribution in [-0.4, -0.2) is 60.8 Å². The Morgan fingerprint density at radius 3 is 2.28 bits per heavy atom. The van der Waals surface area contributed by atoms with Crippen molar-refractivity contribution in [2.45, 2.75) is 32.4 Å². The molecule has 9 heteroatoms. The van der Waals surface area contributed by atoms with Crippen molar-refractivity contribution in [3.8, 4) is 0 Å². The second kappa shape index (κ2) is 7.00. The average molecular weight is 282 g/mol. The normalized spacial score (nSPS) is 24.8. The van der Waals surface area contributed by atoms with Gasteiger partial charge in [0.2, 0.25) is 0 Å². The summed E-state index contributed by atoms with van der Waals surface area (Å²) in [6.07, 6.45) is 0.166. The van der Waals surface area contributed by atoms with E-state index in [1.54, 1.807) is 0 Å². The molecule has 1 aliphatic heterocycles. The van der Waals surface area contributed by atoms with Crippen molar-refractivity contribution in [1.29, 1.82) is 0 Å². The van der Waals surface area contributed by atoms with E-state index in [1.165, 1.54) is 14.1 Å². The number of hydrazine groups is 1. The number of nitrogens with zero attached hydrogens (tertiary/aromatic N) is 2. The highest BCUT2D eigenvalue weighted by Gasteiger charge is 2.43. The zero-order valence-corrected chi connectivity index (χ0v) is 11.9. The second-order valence-electron chi connectivity index (χ2n) is 3.81. The molecule has 0 bridgehead atoms. The largest absolute Gasteiger partial charge is 0.480 e. The molecule has 1 aliphatic rings. The van der Waals surface area contributed by atoms with Crippen molar-refractivity contribution in [2.24, 2.45) is 5.84 Å². The maximum absolute atomic E-state index is 11.8. The van der Waals surface area contributed by atoms with Crippen molar-refractivity contribution in [2.75, 3.05) is 20.6 Å².